The molecule has 0 heterocycles. The van der Waals surface area contributed by atoms with E-state index in [4.69, 9.17) is 0 Å². The molecule has 0 amide bonds. The van der Waals surface area contributed by atoms with E-state index in [1.807, 2.05) is 0 Å². The van der Waals surface area contributed by atoms with Crippen LogP contribution in [-0.4, -0.2) is 6.04 Å². The Hall–Kier alpha value is -0.340. The highest BCUT2D eigenvalue weighted by Crippen LogP contribution is 2.22. The molecular weight excluding hydrogens is 250 g/mol. The zero-order chi connectivity index (χ0) is 10.7. The van der Waals surface area contributed by atoms with Gasteiger partial charge in [-0.2, -0.15) is 0 Å². The molecule has 0 aromatic heterocycles. The van der Waals surface area contributed by atoms with Crippen LogP contribution in [0.1, 0.15) is 44.2 Å². The number of benzene rings is 1. The lowest BCUT2D eigenvalue weighted by molar-refractivity contribution is 0.461. The summed E-state index contributed by atoms with van der Waals surface area (Å²) >= 11 is 3.46. The van der Waals surface area contributed by atoms with Crippen LogP contribution in [0.2, 0.25) is 0 Å². The van der Waals surface area contributed by atoms with Crippen molar-refractivity contribution in [1.29, 1.82) is 0 Å². The molecule has 0 aliphatic heterocycles. The fourth-order valence-corrected chi connectivity index (χ4v) is 2.56. The van der Waals surface area contributed by atoms with Crippen LogP contribution in [0.15, 0.2) is 28.7 Å². The van der Waals surface area contributed by atoms with Crippen LogP contribution < -0.4 is 5.32 Å². The average Bonchev–Trinajstić information content (AvgIpc) is 2.71. The molecule has 1 N–H and O–H groups in total. The van der Waals surface area contributed by atoms with Gasteiger partial charge in [0.25, 0.3) is 0 Å². The van der Waals surface area contributed by atoms with E-state index in [0.717, 1.165) is 10.5 Å². The van der Waals surface area contributed by atoms with Gasteiger partial charge in [0.15, 0.2) is 0 Å². The molecule has 15 heavy (non-hydrogen) atoms. The third-order valence-electron chi connectivity index (χ3n) is 3.21. The molecule has 0 bridgehead atoms. The maximum Gasteiger partial charge on any atom is 0.0294 e. The van der Waals surface area contributed by atoms with Crippen LogP contribution in [0, 0.1) is 0 Å². The molecule has 1 saturated carbocycles. The first-order chi connectivity index (χ1) is 7.25. The van der Waals surface area contributed by atoms with E-state index < -0.39 is 0 Å². The Kier molecular flexibility index (Phi) is 3.81. The zero-order valence-corrected chi connectivity index (χ0v) is 10.8. The van der Waals surface area contributed by atoms with E-state index in [-0.39, 0.29) is 0 Å². The number of nitrogens with one attached hydrogen (secondary N) is 1. The third kappa shape index (κ3) is 3.05. The molecule has 0 radical (unpaired) electrons. The minimum Gasteiger partial charge on any atom is -0.307 e. The molecular formula is C13H18BrN. The van der Waals surface area contributed by atoms with Gasteiger partial charge in [-0.1, -0.05) is 40.9 Å². The van der Waals surface area contributed by atoms with Gasteiger partial charge in [-0.3, -0.25) is 0 Å². The Morgan fingerprint density at radius 2 is 1.80 bits per heavy atom. The highest BCUT2D eigenvalue weighted by Gasteiger charge is 2.17. The van der Waals surface area contributed by atoms with Crippen LogP contribution in [0.3, 0.4) is 0 Å². The third-order valence-corrected chi connectivity index (χ3v) is 3.74. The second kappa shape index (κ2) is 5.13. The standard InChI is InChI=1S/C13H18BrN/c1-10(15-13-4-2-3-5-13)11-6-8-12(14)9-7-11/h6-10,13,15H,2-5H2,1H3/t10-/m0/s1. The largest absolute Gasteiger partial charge is 0.307 e. The Balaban J connectivity index is 1.94. The van der Waals surface area contributed by atoms with Gasteiger partial charge in [0.1, 0.15) is 0 Å². The highest BCUT2D eigenvalue weighted by atomic mass is 79.9. The molecule has 2 heteroatoms. The first kappa shape index (κ1) is 11.2. The Morgan fingerprint density at radius 1 is 1.20 bits per heavy atom. The van der Waals surface area contributed by atoms with Crippen LogP contribution in [0.5, 0.6) is 0 Å². The van der Waals surface area contributed by atoms with Gasteiger partial charge in [0.05, 0.1) is 0 Å². The average molecular weight is 268 g/mol. The monoisotopic (exact) mass is 267 g/mol. The van der Waals surface area contributed by atoms with Gasteiger partial charge in [-0.05, 0) is 37.5 Å². The maximum atomic E-state index is 3.70. The SMILES string of the molecule is C[C@H](NC1CCCC1)c1ccc(Br)cc1. The van der Waals surface area contributed by atoms with Crippen molar-refractivity contribution in [2.75, 3.05) is 0 Å². The zero-order valence-electron chi connectivity index (χ0n) is 9.17. The van der Waals surface area contributed by atoms with Gasteiger partial charge in [-0.15, -0.1) is 0 Å². The van der Waals surface area contributed by atoms with Crippen molar-refractivity contribution in [3.8, 4) is 0 Å². The molecule has 1 nitrogen and oxygen atoms in total. The van der Waals surface area contributed by atoms with Crippen molar-refractivity contribution < 1.29 is 0 Å². The molecule has 1 aliphatic rings. The lowest BCUT2D eigenvalue weighted by Gasteiger charge is -2.19. The van der Waals surface area contributed by atoms with Crippen LogP contribution in [-0.2, 0) is 0 Å². The molecule has 1 aliphatic carbocycles. The van der Waals surface area contributed by atoms with Crippen LogP contribution >= 0.6 is 15.9 Å². The van der Waals surface area contributed by atoms with Gasteiger partial charge in [0, 0.05) is 16.6 Å². The minimum absolute atomic E-state index is 0.473. The van der Waals surface area contributed by atoms with E-state index in [2.05, 4.69) is 52.4 Å². The van der Waals surface area contributed by atoms with E-state index in [0.29, 0.717) is 6.04 Å². The molecule has 0 unspecified atom stereocenters. The summed E-state index contributed by atoms with van der Waals surface area (Å²) in [5, 5.41) is 3.70. The van der Waals surface area contributed by atoms with Crippen molar-refractivity contribution in [3.05, 3.63) is 34.3 Å². The lowest BCUT2D eigenvalue weighted by atomic mass is 10.1. The normalized spacial score (nSPS) is 19.3. The van der Waals surface area contributed by atoms with Crippen LogP contribution in [0.4, 0.5) is 0 Å². The molecule has 0 saturated heterocycles. The van der Waals surface area contributed by atoms with E-state index in [1.165, 1.54) is 31.2 Å². The smallest absolute Gasteiger partial charge is 0.0294 e. The van der Waals surface area contributed by atoms with Gasteiger partial charge < -0.3 is 5.32 Å². The predicted molar refractivity (Wildman–Crippen MR) is 67.9 cm³/mol. The fraction of sp³-hybridized carbons (Fsp3) is 0.538. The van der Waals surface area contributed by atoms with Gasteiger partial charge >= 0.3 is 0 Å². The Morgan fingerprint density at radius 3 is 2.40 bits per heavy atom. The van der Waals surface area contributed by atoms with Crippen molar-refractivity contribution >= 4 is 15.9 Å². The van der Waals surface area contributed by atoms with Crippen molar-refractivity contribution in [1.82, 2.24) is 5.32 Å². The summed E-state index contributed by atoms with van der Waals surface area (Å²) in [5.41, 5.74) is 1.38. The minimum atomic E-state index is 0.473. The maximum absolute atomic E-state index is 3.70. The quantitative estimate of drug-likeness (QED) is 0.872. The van der Waals surface area contributed by atoms with E-state index >= 15 is 0 Å². The summed E-state index contributed by atoms with van der Waals surface area (Å²) in [6, 6.07) is 9.82. The molecule has 1 fully saturated rings. The number of hydrogen-bond acceptors (Lipinski definition) is 1. The first-order valence-corrected chi connectivity index (χ1v) is 6.56. The molecule has 0 spiro atoms. The van der Waals surface area contributed by atoms with E-state index in [9.17, 15) is 0 Å². The second-order valence-corrected chi connectivity index (χ2v) is 5.34. The highest BCUT2D eigenvalue weighted by molar-refractivity contribution is 9.10. The number of rotatable bonds is 3. The molecule has 1 atom stereocenters. The molecule has 2 rings (SSSR count). The molecule has 1 aromatic rings. The number of hydrogen-bond donors (Lipinski definition) is 1. The molecule has 1 aromatic carbocycles. The van der Waals surface area contributed by atoms with Crippen LogP contribution in [0.25, 0.3) is 0 Å². The lowest BCUT2D eigenvalue weighted by Crippen LogP contribution is -2.28. The topological polar surface area (TPSA) is 12.0 Å². The van der Waals surface area contributed by atoms with Crippen molar-refractivity contribution in [2.45, 2.75) is 44.7 Å². The summed E-state index contributed by atoms with van der Waals surface area (Å²) in [6.45, 7) is 2.25. The van der Waals surface area contributed by atoms with Crippen molar-refractivity contribution in [3.63, 3.8) is 0 Å². The predicted octanol–water partition coefficient (Wildman–Crippen LogP) is 4.04. The fourth-order valence-electron chi connectivity index (χ4n) is 2.29. The summed E-state index contributed by atoms with van der Waals surface area (Å²) in [7, 11) is 0. The van der Waals surface area contributed by atoms with Crippen molar-refractivity contribution in [2.24, 2.45) is 0 Å². The Bertz CT molecular complexity index is 301. The molecule has 82 valence electrons. The number of halogens is 1. The van der Waals surface area contributed by atoms with Gasteiger partial charge in [-0.25, -0.2) is 0 Å². The first-order valence-electron chi connectivity index (χ1n) is 5.77. The summed E-state index contributed by atoms with van der Waals surface area (Å²) < 4.78 is 1.15. The van der Waals surface area contributed by atoms with E-state index in [1.54, 1.807) is 0 Å². The van der Waals surface area contributed by atoms with Gasteiger partial charge in [0.2, 0.25) is 0 Å². The summed E-state index contributed by atoms with van der Waals surface area (Å²) in [5.74, 6) is 0. The second-order valence-electron chi connectivity index (χ2n) is 4.42. The summed E-state index contributed by atoms with van der Waals surface area (Å²) in [4.78, 5) is 0. The Labute approximate surface area is 100 Å². The summed E-state index contributed by atoms with van der Waals surface area (Å²) in [6.07, 6.45) is 5.48.